The third-order valence-electron chi connectivity index (χ3n) is 5.53. The van der Waals surface area contributed by atoms with Crippen LogP contribution in [0, 0.1) is 6.92 Å². The summed E-state index contributed by atoms with van der Waals surface area (Å²) in [5.74, 6) is 0.177. The van der Waals surface area contributed by atoms with E-state index < -0.39 is 5.63 Å². The summed E-state index contributed by atoms with van der Waals surface area (Å²) in [5, 5.41) is 8.96. The van der Waals surface area contributed by atoms with E-state index in [2.05, 4.69) is 10.4 Å². The fourth-order valence-corrected chi connectivity index (χ4v) is 3.79. The highest BCUT2D eigenvalue weighted by atomic mass is 16.4. The third kappa shape index (κ3) is 3.16. The lowest BCUT2D eigenvalue weighted by molar-refractivity contribution is 0.102. The molecule has 7 heteroatoms. The number of aryl methyl sites for hydroxylation is 1. The normalized spacial score (nSPS) is 14.0. The lowest BCUT2D eigenvalue weighted by Gasteiger charge is -2.11. The first kappa shape index (κ1) is 18.5. The van der Waals surface area contributed by atoms with Crippen LogP contribution in [0.3, 0.4) is 0 Å². The van der Waals surface area contributed by atoms with Crippen molar-refractivity contribution in [2.75, 3.05) is 5.32 Å². The Balaban J connectivity index is 1.56. The molecule has 0 bridgehead atoms. The van der Waals surface area contributed by atoms with Gasteiger partial charge < -0.3 is 9.73 Å². The van der Waals surface area contributed by atoms with Crippen molar-refractivity contribution >= 4 is 33.6 Å². The smallest absolute Gasteiger partial charge is 0.336 e. The molecule has 7 nitrogen and oxygen atoms in total. The number of anilines is 1. The number of fused-ring (bicyclic) bond motifs is 2. The predicted molar refractivity (Wildman–Crippen MR) is 115 cm³/mol. The summed E-state index contributed by atoms with van der Waals surface area (Å²) in [7, 11) is 0. The number of nitrogens with zero attached hydrogens (tertiary/aromatic N) is 3. The van der Waals surface area contributed by atoms with Crippen molar-refractivity contribution < 1.29 is 9.21 Å². The predicted octanol–water partition coefficient (Wildman–Crippen LogP) is 4.56. The van der Waals surface area contributed by atoms with Crippen molar-refractivity contribution in [1.82, 2.24) is 14.8 Å². The molecule has 30 heavy (non-hydrogen) atoms. The Hall–Kier alpha value is -3.48. The summed E-state index contributed by atoms with van der Waals surface area (Å²) >= 11 is 0. The van der Waals surface area contributed by atoms with E-state index in [9.17, 15) is 9.59 Å². The van der Waals surface area contributed by atoms with Gasteiger partial charge in [-0.1, -0.05) is 0 Å². The molecule has 0 radical (unpaired) electrons. The number of hydrogen-bond donors (Lipinski definition) is 1. The number of carbonyl (C=O) groups is 1. The van der Waals surface area contributed by atoms with Gasteiger partial charge in [0.05, 0.1) is 17.1 Å². The summed E-state index contributed by atoms with van der Waals surface area (Å²) in [4.78, 5) is 29.7. The molecule has 0 unspecified atom stereocenters. The summed E-state index contributed by atoms with van der Waals surface area (Å²) in [6.45, 7) is 5.95. The third-order valence-corrected chi connectivity index (χ3v) is 5.53. The average Bonchev–Trinajstić information content (AvgIpc) is 3.45. The van der Waals surface area contributed by atoms with E-state index >= 15 is 0 Å². The molecule has 0 spiro atoms. The number of carbonyl (C=O) groups excluding carboxylic acids is 1. The zero-order valence-electron chi connectivity index (χ0n) is 17.1. The van der Waals surface area contributed by atoms with Gasteiger partial charge in [-0.05, 0) is 57.4 Å². The monoisotopic (exact) mass is 402 g/mol. The first-order chi connectivity index (χ1) is 14.4. The maximum Gasteiger partial charge on any atom is 0.336 e. The van der Waals surface area contributed by atoms with Crippen molar-refractivity contribution in [3.05, 3.63) is 63.8 Å². The molecule has 3 heterocycles. The Bertz CT molecular complexity index is 1360. The van der Waals surface area contributed by atoms with Crippen molar-refractivity contribution in [1.29, 1.82) is 0 Å². The molecule has 0 saturated heterocycles. The van der Waals surface area contributed by atoms with Crippen LogP contribution in [0.1, 0.15) is 60.3 Å². The molecular weight excluding hydrogens is 380 g/mol. The number of rotatable bonds is 4. The molecule has 1 aliphatic rings. The minimum Gasteiger partial charge on any atom is -0.423 e. The van der Waals surface area contributed by atoms with Crippen LogP contribution in [0.5, 0.6) is 0 Å². The van der Waals surface area contributed by atoms with Gasteiger partial charge in [-0.15, -0.1) is 0 Å². The summed E-state index contributed by atoms with van der Waals surface area (Å²) in [6, 6.07) is 8.82. The van der Waals surface area contributed by atoms with Crippen LogP contribution in [0.15, 0.2) is 45.7 Å². The SMILES string of the molecule is Cc1cc(=O)oc2cc(NC(=O)c3cc(C4CC4)nc4c3cnn4C(C)C)ccc12. The average molecular weight is 402 g/mol. The number of nitrogens with one attached hydrogen (secondary N) is 1. The highest BCUT2D eigenvalue weighted by Crippen LogP contribution is 2.40. The molecule has 1 amide bonds. The van der Waals surface area contributed by atoms with Gasteiger partial charge in [0.1, 0.15) is 5.58 Å². The fraction of sp³-hybridized carbons (Fsp3) is 0.304. The lowest BCUT2D eigenvalue weighted by atomic mass is 10.1. The van der Waals surface area contributed by atoms with Crippen molar-refractivity contribution in [3.63, 3.8) is 0 Å². The van der Waals surface area contributed by atoms with Crippen LogP contribution < -0.4 is 10.9 Å². The van der Waals surface area contributed by atoms with E-state index in [1.807, 2.05) is 43.7 Å². The molecule has 1 fully saturated rings. The van der Waals surface area contributed by atoms with Crippen molar-refractivity contribution in [3.8, 4) is 0 Å². The second-order valence-electron chi connectivity index (χ2n) is 8.20. The van der Waals surface area contributed by atoms with Crippen LogP contribution in [0.2, 0.25) is 0 Å². The van der Waals surface area contributed by atoms with E-state index in [1.165, 1.54) is 6.07 Å². The van der Waals surface area contributed by atoms with Crippen LogP contribution in [-0.2, 0) is 0 Å². The summed E-state index contributed by atoms with van der Waals surface area (Å²) in [6.07, 6.45) is 3.90. The van der Waals surface area contributed by atoms with E-state index in [1.54, 1.807) is 12.3 Å². The van der Waals surface area contributed by atoms with E-state index in [-0.39, 0.29) is 11.9 Å². The minimum absolute atomic E-state index is 0.145. The van der Waals surface area contributed by atoms with Crippen LogP contribution in [-0.4, -0.2) is 20.7 Å². The highest BCUT2D eigenvalue weighted by molar-refractivity contribution is 6.12. The molecule has 3 aromatic heterocycles. The topological polar surface area (TPSA) is 90.0 Å². The van der Waals surface area contributed by atoms with Crippen LogP contribution in [0.25, 0.3) is 22.0 Å². The Morgan fingerprint density at radius 1 is 1.20 bits per heavy atom. The molecular formula is C23H22N4O3. The number of benzene rings is 1. The second-order valence-corrected chi connectivity index (χ2v) is 8.20. The maximum atomic E-state index is 13.2. The quantitative estimate of drug-likeness (QED) is 0.506. The van der Waals surface area contributed by atoms with Gasteiger partial charge in [-0.3, -0.25) is 4.79 Å². The molecule has 0 aliphatic heterocycles. The number of amides is 1. The Kier molecular flexibility index (Phi) is 4.20. The molecule has 1 aliphatic carbocycles. The Morgan fingerprint density at radius 3 is 2.73 bits per heavy atom. The van der Waals surface area contributed by atoms with Gasteiger partial charge in [0.2, 0.25) is 0 Å². The molecule has 1 aromatic carbocycles. The fourth-order valence-electron chi connectivity index (χ4n) is 3.79. The largest absolute Gasteiger partial charge is 0.423 e. The van der Waals surface area contributed by atoms with Gasteiger partial charge >= 0.3 is 5.63 Å². The van der Waals surface area contributed by atoms with Crippen LogP contribution in [0.4, 0.5) is 5.69 Å². The molecule has 1 N–H and O–H groups in total. The van der Waals surface area contributed by atoms with Gasteiger partial charge in [0.25, 0.3) is 5.91 Å². The number of aromatic nitrogens is 3. The van der Waals surface area contributed by atoms with E-state index in [0.717, 1.165) is 40.5 Å². The Morgan fingerprint density at radius 2 is 2.00 bits per heavy atom. The van der Waals surface area contributed by atoms with Gasteiger partial charge in [0, 0.05) is 40.9 Å². The Labute approximate surface area is 172 Å². The first-order valence-corrected chi connectivity index (χ1v) is 10.1. The minimum atomic E-state index is -0.408. The van der Waals surface area contributed by atoms with E-state index in [4.69, 9.17) is 9.40 Å². The van der Waals surface area contributed by atoms with Gasteiger partial charge in [-0.25, -0.2) is 14.5 Å². The standard InChI is InChI=1S/C23H22N4O3/c1-12(2)27-22-18(11-24-27)17(10-19(26-22)14-4-5-14)23(29)25-15-6-7-16-13(3)8-21(28)30-20(16)9-15/h6-12,14H,4-5H2,1-3H3,(H,25,29). The maximum absolute atomic E-state index is 13.2. The van der Waals surface area contributed by atoms with Crippen molar-refractivity contribution in [2.24, 2.45) is 0 Å². The molecule has 152 valence electrons. The highest BCUT2D eigenvalue weighted by Gasteiger charge is 2.28. The summed E-state index contributed by atoms with van der Waals surface area (Å²) in [5.41, 5.74) is 3.67. The molecule has 0 atom stereocenters. The number of hydrogen-bond acceptors (Lipinski definition) is 5. The van der Waals surface area contributed by atoms with Gasteiger partial charge in [0.15, 0.2) is 5.65 Å². The van der Waals surface area contributed by atoms with Crippen LogP contribution >= 0.6 is 0 Å². The zero-order chi connectivity index (χ0) is 21.0. The molecule has 4 aromatic rings. The van der Waals surface area contributed by atoms with Gasteiger partial charge in [-0.2, -0.15) is 5.10 Å². The second kappa shape index (κ2) is 6.79. The zero-order valence-corrected chi connectivity index (χ0v) is 17.1. The summed E-state index contributed by atoms with van der Waals surface area (Å²) < 4.78 is 7.15. The first-order valence-electron chi connectivity index (χ1n) is 10.1. The molecule has 1 saturated carbocycles. The molecule has 5 rings (SSSR count). The number of pyridine rings is 1. The van der Waals surface area contributed by atoms with E-state index in [0.29, 0.717) is 22.8 Å². The van der Waals surface area contributed by atoms with Crippen molar-refractivity contribution in [2.45, 2.75) is 45.6 Å². The lowest BCUT2D eigenvalue weighted by Crippen LogP contribution is -2.14.